The van der Waals surface area contributed by atoms with Gasteiger partial charge in [-0.05, 0) is 19.1 Å². The second-order valence-corrected chi connectivity index (χ2v) is 3.73. The van der Waals surface area contributed by atoms with Gasteiger partial charge in [-0.3, -0.25) is 4.98 Å². The van der Waals surface area contributed by atoms with E-state index >= 15 is 0 Å². The normalized spacial score (nSPS) is 10.1. The zero-order valence-electron chi connectivity index (χ0n) is 10.4. The molecule has 2 amide bonds. The lowest BCUT2D eigenvalue weighted by molar-refractivity contribution is 0.252. The van der Waals surface area contributed by atoms with Crippen molar-refractivity contribution in [3.8, 4) is 5.75 Å². The van der Waals surface area contributed by atoms with Crippen LogP contribution in [0, 0.1) is 0 Å². The van der Waals surface area contributed by atoms with Gasteiger partial charge in [0.2, 0.25) is 0 Å². The predicted molar refractivity (Wildman–Crippen MR) is 71.0 cm³/mol. The summed E-state index contributed by atoms with van der Waals surface area (Å²) in [5.74, 6) is 0.683. The van der Waals surface area contributed by atoms with E-state index in [9.17, 15) is 4.79 Å². The fraction of sp³-hybridized carbons (Fsp3) is 0.231. The number of methoxy groups -OCH3 is 1. The van der Waals surface area contributed by atoms with Crippen LogP contribution in [0.4, 0.5) is 10.5 Å². The van der Waals surface area contributed by atoms with Crippen molar-refractivity contribution in [2.24, 2.45) is 0 Å². The summed E-state index contributed by atoms with van der Waals surface area (Å²) in [4.78, 5) is 15.8. The Morgan fingerprint density at radius 2 is 2.28 bits per heavy atom. The second kappa shape index (κ2) is 5.35. The van der Waals surface area contributed by atoms with Gasteiger partial charge in [0.1, 0.15) is 5.75 Å². The average Bonchev–Trinajstić information content (AvgIpc) is 2.38. The Labute approximate surface area is 105 Å². The van der Waals surface area contributed by atoms with Crippen molar-refractivity contribution < 1.29 is 9.53 Å². The number of nitrogens with one attached hydrogen (secondary N) is 2. The Morgan fingerprint density at radius 3 is 3.00 bits per heavy atom. The smallest absolute Gasteiger partial charge is 0.319 e. The molecule has 18 heavy (non-hydrogen) atoms. The number of carbonyl (C=O) groups is 1. The summed E-state index contributed by atoms with van der Waals surface area (Å²) in [6.45, 7) is 2.43. The van der Waals surface area contributed by atoms with Gasteiger partial charge < -0.3 is 15.4 Å². The fourth-order valence-electron chi connectivity index (χ4n) is 1.71. The molecule has 0 aliphatic rings. The highest BCUT2D eigenvalue weighted by atomic mass is 16.5. The van der Waals surface area contributed by atoms with Crippen LogP contribution in [0.2, 0.25) is 0 Å². The first-order chi connectivity index (χ1) is 8.74. The summed E-state index contributed by atoms with van der Waals surface area (Å²) in [5, 5.41) is 6.37. The lowest BCUT2D eigenvalue weighted by Gasteiger charge is -2.10. The minimum absolute atomic E-state index is 0.252. The van der Waals surface area contributed by atoms with Gasteiger partial charge in [-0.25, -0.2) is 4.79 Å². The van der Waals surface area contributed by atoms with Gasteiger partial charge in [0.25, 0.3) is 0 Å². The van der Waals surface area contributed by atoms with Crippen molar-refractivity contribution in [2.75, 3.05) is 19.0 Å². The number of anilines is 1. The molecule has 2 N–H and O–H groups in total. The topological polar surface area (TPSA) is 63.2 Å². The minimum Gasteiger partial charge on any atom is -0.497 e. The Hall–Kier alpha value is -2.30. The highest BCUT2D eigenvalue weighted by Gasteiger charge is 2.08. The molecule has 1 aromatic carbocycles. The van der Waals surface area contributed by atoms with Crippen LogP contribution in [0.1, 0.15) is 6.92 Å². The molecule has 0 atom stereocenters. The van der Waals surface area contributed by atoms with Gasteiger partial charge in [-0.2, -0.15) is 0 Å². The van der Waals surface area contributed by atoms with Crippen molar-refractivity contribution in [3.05, 3.63) is 30.5 Å². The van der Waals surface area contributed by atoms with Gasteiger partial charge in [0.15, 0.2) is 0 Å². The number of rotatable bonds is 3. The van der Waals surface area contributed by atoms with E-state index in [2.05, 4.69) is 15.6 Å². The number of hydrogen-bond acceptors (Lipinski definition) is 3. The van der Waals surface area contributed by atoms with E-state index in [0.717, 1.165) is 10.9 Å². The maximum atomic E-state index is 11.6. The first-order valence-corrected chi connectivity index (χ1v) is 5.72. The summed E-state index contributed by atoms with van der Waals surface area (Å²) in [6, 6.07) is 7.15. The molecule has 0 bridgehead atoms. The van der Waals surface area contributed by atoms with Crippen molar-refractivity contribution in [1.82, 2.24) is 10.3 Å². The molecule has 0 saturated heterocycles. The van der Waals surface area contributed by atoms with Crippen LogP contribution in [-0.4, -0.2) is 24.7 Å². The van der Waals surface area contributed by atoms with Crippen LogP contribution in [0.15, 0.2) is 30.5 Å². The molecule has 0 radical (unpaired) electrons. The van der Waals surface area contributed by atoms with Gasteiger partial charge in [0.05, 0.1) is 18.3 Å². The van der Waals surface area contributed by atoms with E-state index in [4.69, 9.17) is 4.74 Å². The maximum Gasteiger partial charge on any atom is 0.319 e. The molecule has 0 aliphatic carbocycles. The van der Waals surface area contributed by atoms with E-state index in [1.807, 2.05) is 25.1 Å². The zero-order chi connectivity index (χ0) is 13.0. The van der Waals surface area contributed by atoms with Crippen LogP contribution in [0.5, 0.6) is 5.75 Å². The monoisotopic (exact) mass is 245 g/mol. The largest absolute Gasteiger partial charge is 0.497 e. The Bertz CT molecular complexity index is 569. The van der Waals surface area contributed by atoms with Crippen LogP contribution >= 0.6 is 0 Å². The molecular weight excluding hydrogens is 230 g/mol. The molecule has 0 unspecified atom stereocenters. The molecular formula is C13H15N3O2. The van der Waals surface area contributed by atoms with E-state index in [0.29, 0.717) is 18.0 Å². The number of nitrogens with zero attached hydrogens (tertiary/aromatic N) is 1. The molecule has 2 rings (SSSR count). The minimum atomic E-state index is -0.252. The number of fused-ring (bicyclic) bond motifs is 1. The number of aromatic nitrogens is 1. The number of amides is 2. The van der Waals surface area contributed by atoms with E-state index < -0.39 is 0 Å². The summed E-state index contributed by atoms with van der Waals surface area (Å²) >= 11 is 0. The van der Waals surface area contributed by atoms with Crippen molar-refractivity contribution in [1.29, 1.82) is 0 Å². The standard InChI is InChI=1S/C13H15N3O2/c1-3-14-13(17)16-11-8-10(18-2)7-9-5-4-6-15-12(9)11/h4-8H,3H2,1-2H3,(H2,14,16,17). The number of hydrogen-bond donors (Lipinski definition) is 2. The number of benzene rings is 1. The van der Waals surface area contributed by atoms with E-state index in [-0.39, 0.29) is 6.03 Å². The van der Waals surface area contributed by atoms with Crippen molar-refractivity contribution in [3.63, 3.8) is 0 Å². The Kier molecular flexibility index (Phi) is 3.62. The third kappa shape index (κ3) is 2.51. The van der Waals surface area contributed by atoms with Crippen LogP contribution < -0.4 is 15.4 Å². The van der Waals surface area contributed by atoms with E-state index in [1.165, 1.54) is 0 Å². The summed E-state index contributed by atoms with van der Waals surface area (Å²) in [7, 11) is 1.59. The molecule has 1 heterocycles. The summed E-state index contributed by atoms with van der Waals surface area (Å²) < 4.78 is 5.21. The third-order valence-electron chi connectivity index (χ3n) is 2.50. The molecule has 5 heteroatoms. The average molecular weight is 245 g/mol. The lowest BCUT2D eigenvalue weighted by Crippen LogP contribution is -2.28. The highest BCUT2D eigenvalue weighted by molar-refractivity contribution is 6.00. The van der Waals surface area contributed by atoms with Gasteiger partial charge in [-0.15, -0.1) is 0 Å². The van der Waals surface area contributed by atoms with Crippen LogP contribution in [-0.2, 0) is 0 Å². The van der Waals surface area contributed by atoms with Gasteiger partial charge >= 0.3 is 6.03 Å². The molecule has 2 aromatic rings. The molecule has 94 valence electrons. The van der Waals surface area contributed by atoms with Gasteiger partial charge in [0, 0.05) is 24.2 Å². The first kappa shape index (κ1) is 12.2. The molecule has 1 aromatic heterocycles. The van der Waals surface area contributed by atoms with Crippen molar-refractivity contribution in [2.45, 2.75) is 6.92 Å². The molecule has 0 spiro atoms. The molecule has 0 fully saturated rings. The predicted octanol–water partition coefficient (Wildman–Crippen LogP) is 2.38. The number of urea groups is 1. The molecule has 0 aliphatic heterocycles. The van der Waals surface area contributed by atoms with E-state index in [1.54, 1.807) is 19.4 Å². The number of pyridine rings is 1. The van der Waals surface area contributed by atoms with Crippen LogP contribution in [0.25, 0.3) is 10.9 Å². The zero-order valence-corrected chi connectivity index (χ0v) is 10.4. The summed E-state index contributed by atoms with van der Waals surface area (Å²) in [6.07, 6.45) is 1.69. The van der Waals surface area contributed by atoms with Gasteiger partial charge in [-0.1, -0.05) is 6.07 Å². The van der Waals surface area contributed by atoms with Crippen LogP contribution in [0.3, 0.4) is 0 Å². The lowest BCUT2D eigenvalue weighted by atomic mass is 10.2. The second-order valence-electron chi connectivity index (χ2n) is 3.73. The Balaban J connectivity index is 2.43. The highest BCUT2D eigenvalue weighted by Crippen LogP contribution is 2.27. The number of ether oxygens (including phenoxy) is 1. The maximum absolute atomic E-state index is 11.6. The van der Waals surface area contributed by atoms with Crippen molar-refractivity contribution >= 4 is 22.6 Å². The number of carbonyl (C=O) groups excluding carboxylic acids is 1. The SMILES string of the molecule is CCNC(=O)Nc1cc(OC)cc2cccnc12. The molecule has 5 nitrogen and oxygen atoms in total. The quantitative estimate of drug-likeness (QED) is 0.872. The first-order valence-electron chi connectivity index (χ1n) is 5.72. The Morgan fingerprint density at radius 1 is 1.44 bits per heavy atom. The fourth-order valence-corrected chi connectivity index (χ4v) is 1.71. The summed E-state index contributed by atoms with van der Waals surface area (Å²) in [5.41, 5.74) is 1.38. The third-order valence-corrected chi connectivity index (χ3v) is 2.50. The molecule has 0 saturated carbocycles.